The molecule has 0 spiro atoms. The molecule has 0 saturated carbocycles. The van der Waals surface area contributed by atoms with E-state index in [-0.39, 0.29) is 18.3 Å². The van der Waals surface area contributed by atoms with Gasteiger partial charge in [-0.1, -0.05) is 17.7 Å². The van der Waals surface area contributed by atoms with Crippen LogP contribution in [0.5, 0.6) is 5.75 Å². The molecular weight excluding hydrogens is 338 g/mol. The molecule has 2 aromatic rings. The molecule has 24 heavy (non-hydrogen) atoms. The minimum atomic E-state index is -2.91. The van der Waals surface area contributed by atoms with Crippen molar-refractivity contribution in [2.45, 2.75) is 19.6 Å². The summed E-state index contributed by atoms with van der Waals surface area (Å²) in [4.78, 5) is 8.31. The van der Waals surface area contributed by atoms with Gasteiger partial charge in [0, 0.05) is 35.4 Å². The molecule has 0 aliphatic carbocycles. The summed E-state index contributed by atoms with van der Waals surface area (Å²) in [5, 5.41) is 3.35. The number of pyridine rings is 1. The summed E-state index contributed by atoms with van der Waals surface area (Å²) in [7, 11) is 0. The maximum absolute atomic E-state index is 12.4. The number of rotatable bonds is 7. The first kappa shape index (κ1) is 17.9. The highest BCUT2D eigenvalue weighted by Crippen LogP contribution is 2.25. The molecule has 1 aromatic heterocycles. The third kappa shape index (κ3) is 6.00. The van der Waals surface area contributed by atoms with E-state index in [0.29, 0.717) is 23.6 Å². The molecule has 2 rings (SSSR count). The molecule has 3 N–H and O–H groups in total. The number of hydrogen-bond acceptors (Lipinski definition) is 3. The van der Waals surface area contributed by atoms with Gasteiger partial charge < -0.3 is 15.8 Å². The average molecular weight is 355 g/mol. The lowest BCUT2D eigenvalue weighted by Gasteiger charge is -2.10. The second-order valence-electron chi connectivity index (χ2n) is 4.83. The van der Waals surface area contributed by atoms with E-state index >= 15 is 0 Å². The molecule has 0 unspecified atom stereocenters. The van der Waals surface area contributed by atoms with Gasteiger partial charge in [0.1, 0.15) is 5.75 Å². The Morgan fingerprint density at radius 1 is 1.33 bits per heavy atom. The number of alkyl halides is 2. The maximum atomic E-state index is 12.4. The minimum absolute atomic E-state index is 0.0273. The van der Waals surface area contributed by atoms with Gasteiger partial charge in [0.15, 0.2) is 5.96 Å². The van der Waals surface area contributed by atoms with Crippen LogP contribution in [0.25, 0.3) is 0 Å². The Morgan fingerprint density at radius 3 is 2.88 bits per heavy atom. The Bertz CT molecular complexity index is 683. The van der Waals surface area contributed by atoms with Gasteiger partial charge in [0.2, 0.25) is 0 Å². The van der Waals surface area contributed by atoms with Gasteiger partial charge in [-0.15, -0.1) is 0 Å². The third-order valence-corrected chi connectivity index (χ3v) is 3.31. The van der Waals surface area contributed by atoms with Crippen LogP contribution >= 0.6 is 11.6 Å². The van der Waals surface area contributed by atoms with Crippen molar-refractivity contribution in [1.29, 1.82) is 0 Å². The number of aliphatic imine (C=N–C) groups is 1. The number of nitrogens with zero attached hydrogens (tertiary/aromatic N) is 2. The van der Waals surface area contributed by atoms with Crippen LogP contribution in [0.15, 0.2) is 47.6 Å². The Morgan fingerprint density at radius 2 is 2.17 bits per heavy atom. The zero-order chi connectivity index (χ0) is 17.4. The number of benzene rings is 1. The summed E-state index contributed by atoms with van der Waals surface area (Å²) in [6.07, 6.45) is 2.41. The van der Waals surface area contributed by atoms with Crippen LogP contribution in [0.4, 0.5) is 8.78 Å². The van der Waals surface area contributed by atoms with Crippen molar-refractivity contribution in [2.24, 2.45) is 10.7 Å². The first-order chi connectivity index (χ1) is 11.5. The SMILES string of the molecule is NC(=NCc1cc(Cl)ccc1OC(F)F)NCCc1ccccn1. The molecule has 1 heterocycles. The summed E-state index contributed by atoms with van der Waals surface area (Å²) in [5.74, 6) is 0.230. The van der Waals surface area contributed by atoms with Crippen LogP contribution in [-0.2, 0) is 13.0 Å². The smallest absolute Gasteiger partial charge is 0.387 e. The Balaban J connectivity index is 1.90. The lowest BCUT2D eigenvalue weighted by molar-refractivity contribution is -0.0504. The predicted octanol–water partition coefficient (Wildman–Crippen LogP) is 2.98. The summed E-state index contributed by atoms with van der Waals surface area (Å²) in [5.41, 5.74) is 7.13. The summed E-state index contributed by atoms with van der Waals surface area (Å²) in [6, 6.07) is 10.0. The number of nitrogens with two attached hydrogens (primary N) is 1. The molecule has 0 radical (unpaired) electrons. The Labute approximate surface area is 143 Å². The van der Waals surface area contributed by atoms with Crippen molar-refractivity contribution < 1.29 is 13.5 Å². The highest BCUT2D eigenvalue weighted by atomic mass is 35.5. The van der Waals surface area contributed by atoms with Crippen LogP contribution < -0.4 is 15.8 Å². The fourth-order valence-electron chi connectivity index (χ4n) is 1.97. The monoisotopic (exact) mass is 354 g/mol. The highest BCUT2D eigenvalue weighted by Gasteiger charge is 2.10. The van der Waals surface area contributed by atoms with Crippen molar-refractivity contribution in [3.8, 4) is 5.75 Å². The number of halogens is 3. The molecule has 8 heteroatoms. The van der Waals surface area contributed by atoms with E-state index < -0.39 is 6.61 Å². The average Bonchev–Trinajstić information content (AvgIpc) is 2.55. The molecule has 0 fully saturated rings. The number of nitrogens with one attached hydrogen (secondary N) is 1. The number of guanidine groups is 1. The molecule has 128 valence electrons. The standard InChI is InChI=1S/C16H17ClF2N4O/c17-12-4-5-14(24-15(18)19)11(9-12)10-23-16(20)22-8-6-13-3-1-2-7-21-13/h1-5,7,9,15H,6,8,10H2,(H3,20,22,23). The molecule has 0 aliphatic rings. The predicted molar refractivity (Wildman–Crippen MR) is 89.4 cm³/mol. The molecule has 0 amide bonds. The molecule has 0 saturated heterocycles. The van der Waals surface area contributed by atoms with Gasteiger partial charge in [-0.3, -0.25) is 4.98 Å². The van der Waals surface area contributed by atoms with Gasteiger partial charge in [0.05, 0.1) is 6.54 Å². The van der Waals surface area contributed by atoms with Crippen LogP contribution in [0.1, 0.15) is 11.3 Å². The fourth-order valence-corrected chi connectivity index (χ4v) is 2.17. The van der Waals surface area contributed by atoms with Crippen molar-refractivity contribution in [1.82, 2.24) is 10.3 Å². The normalized spacial score (nSPS) is 11.6. The highest BCUT2D eigenvalue weighted by molar-refractivity contribution is 6.30. The van der Waals surface area contributed by atoms with E-state index in [1.165, 1.54) is 18.2 Å². The lowest BCUT2D eigenvalue weighted by Crippen LogP contribution is -2.33. The van der Waals surface area contributed by atoms with Crippen LogP contribution in [0, 0.1) is 0 Å². The van der Waals surface area contributed by atoms with Gasteiger partial charge >= 0.3 is 6.61 Å². The van der Waals surface area contributed by atoms with Gasteiger partial charge in [-0.25, -0.2) is 4.99 Å². The third-order valence-electron chi connectivity index (χ3n) is 3.07. The molecular formula is C16H17ClF2N4O. The zero-order valence-corrected chi connectivity index (χ0v) is 13.5. The van der Waals surface area contributed by atoms with E-state index in [2.05, 4.69) is 20.0 Å². The summed E-state index contributed by atoms with van der Waals surface area (Å²) in [6.45, 7) is -2.28. The number of ether oxygens (including phenoxy) is 1. The van der Waals surface area contributed by atoms with E-state index in [9.17, 15) is 8.78 Å². The van der Waals surface area contributed by atoms with Crippen molar-refractivity contribution >= 4 is 17.6 Å². The first-order valence-electron chi connectivity index (χ1n) is 7.21. The van der Waals surface area contributed by atoms with Gasteiger partial charge in [-0.05, 0) is 30.3 Å². The molecule has 0 bridgehead atoms. The van der Waals surface area contributed by atoms with Crippen molar-refractivity contribution in [2.75, 3.05) is 6.54 Å². The van der Waals surface area contributed by atoms with Crippen molar-refractivity contribution in [3.63, 3.8) is 0 Å². The Kier molecular flexibility index (Phi) is 6.74. The van der Waals surface area contributed by atoms with Crippen LogP contribution in [0.3, 0.4) is 0 Å². The fraction of sp³-hybridized carbons (Fsp3) is 0.250. The quantitative estimate of drug-likeness (QED) is 0.592. The second-order valence-corrected chi connectivity index (χ2v) is 5.27. The van der Waals surface area contributed by atoms with E-state index in [1.54, 1.807) is 6.20 Å². The summed E-state index contributed by atoms with van der Waals surface area (Å²) >= 11 is 5.87. The van der Waals surface area contributed by atoms with E-state index in [4.69, 9.17) is 17.3 Å². The molecule has 0 atom stereocenters. The maximum Gasteiger partial charge on any atom is 0.387 e. The van der Waals surface area contributed by atoms with Gasteiger partial charge in [-0.2, -0.15) is 8.78 Å². The topological polar surface area (TPSA) is 72.5 Å². The van der Waals surface area contributed by atoms with Gasteiger partial charge in [0.25, 0.3) is 0 Å². The molecule has 0 aliphatic heterocycles. The summed E-state index contributed by atoms with van der Waals surface area (Å²) < 4.78 is 29.2. The van der Waals surface area contributed by atoms with Crippen molar-refractivity contribution in [3.05, 3.63) is 58.9 Å². The number of hydrogen-bond donors (Lipinski definition) is 2. The second kappa shape index (κ2) is 9.02. The molecule has 5 nitrogen and oxygen atoms in total. The van der Waals surface area contributed by atoms with Crippen LogP contribution in [-0.4, -0.2) is 24.1 Å². The largest absolute Gasteiger partial charge is 0.434 e. The van der Waals surface area contributed by atoms with E-state index in [0.717, 1.165) is 5.69 Å². The zero-order valence-electron chi connectivity index (χ0n) is 12.8. The minimum Gasteiger partial charge on any atom is -0.434 e. The lowest BCUT2D eigenvalue weighted by atomic mass is 10.2. The Hall–Kier alpha value is -2.41. The van der Waals surface area contributed by atoms with E-state index in [1.807, 2.05) is 18.2 Å². The van der Waals surface area contributed by atoms with Crippen LogP contribution in [0.2, 0.25) is 5.02 Å². The molecule has 1 aromatic carbocycles. The number of aromatic nitrogens is 1. The first-order valence-corrected chi connectivity index (χ1v) is 7.59.